The van der Waals surface area contributed by atoms with Crippen molar-refractivity contribution in [3.8, 4) is 11.5 Å². The summed E-state index contributed by atoms with van der Waals surface area (Å²) in [7, 11) is 0. The molecule has 2 aromatic heterocycles. The molecular formula is C12H14BrClN4. The van der Waals surface area contributed by atoms with Crippen LogP contribution in [0.4, 0.5) is 0 Å². The van der Waals surface area contributed by atoms with Gasteiger partial charge in [-0.1, -0.05) is 25.4 Å². The molecular weight excluding hydrogens is 316 g/mol. The molecule has 2 rings (SSSR count). The van der Waals surface area contributed by atoms with Gasteiger partial charge in [0.1, 0.15) is 10.8 Å². The van der Waals surface area contributed by atoms with E-state index in [0.29, 0.717) is 11.0 Å². The van der Waals surface area contributed by atoms with Gasteiger partial charge >= 0.3 is 0 Å². The summed E-state index contributed by atoms with van der Waals surface area (Å²) in [5.41, 5.74) is 1.79. The van der Waals surface area contributed by atoms with E-state index in [1.165, 1.54) is 0 Å². The van der Waals surface area contributed by atoms with Crippen molar-refractivity contribution < 1.29 is 0 Å². The third-order valence-corrected chi connectivity index (χ3v) is 3.95. The van der Waals surface area contributed by atoms with E-state index < -0.39 is 0 Å². The Morgan fingerprint density at radius 2 is 2.11 bits per heavy atom. The molecule has 0 aliphatic heterocycles. The van der Waals surface area contributed by atoms with Crippen LogP contribution in [0.25, 0.3) is 11.5 Å². The van der Waals surface area contributed by atoms with E-state index in [4.69, 9.17) is 11.6 Å². The Labute approximate surface area is 120 Å². The molecule has 18 heavy (non-hydrogen) atoms. The lowest BCUT2D eigenvalue weighted by atomic mass is 10.1. The highest BCUT2D eigenvalue weighted by atomic mass is 79.9. The molecule has 0 radical (unpaired) electrons. The molecule has 0 saturated heterocycles. The maximum atomic E-state index is 6.15. The van der Waals surface area contributed by atoms with Gasteiger partial charge in [0.15, 0.2) is 5.82 Å². The monoisotopic (exact) mass is 328 g/mol. The van der Waals surface area contributed by atoms with Gasteiger partial charge < -0.3 is 4.57 Å². The summed E-state index contributed by atoms with van der Waals surface area (Å²) in [6, 6.07) is 0. The van der Waals surface area contributed by atoms with Crippen LogP contribution in [0.3, 0.4) is 0 Å². The number of hydrogen-bond donors (Lipinski definition) is 0. The van der Waals surface area contributed by atoms with Gasteiger partial charge in [-0.2, -0.15) is 0 Å². The fourth-order valence-corrected chi connectivity index (χ4v) is 2.50. The standard InChI is InChI=1S/C12H14BrClN4/c1-4-18-6-15-5-8(18)12-16-10(7(2)3)9(13)11(14)17-12/h5-7H,4H2,1-3H3. The number of hydrogen-bond acceptors (Lipinski definition) is 3. The van der Waals surface area contributed by atoms with Crippen molar-refractivity contribution in [2.24, 2.45) is 0 Å². The summed E-state index contributed by atoms with van der Waals surface area (Å²) >= 11 is 9.58. The lowest BCUT2D eigenvalue weighted by Gasteiger charge is -2.11. The van der Waals surface area contributed by atoms with Crippen LogP contribution in [0, 0.1) is 0 Å². The summed E-state index contributed by atoms with van der Waals surface area (Å²) in [5, 5.41) is 0.438. The van der Waals surface area contributed by atoms with Gasteiger partial charge in [0, 0.05) is 6.54 Å². The molecule has 2 aromatic rings. The first-order chi connectivity index (χ1) is 8.54. The average molecular weight is 330 g/mol. The number of nitrogens with zero attached hydrogens (tertiary/aromatic N) is 4. The van der Waals surface area contributed by atoms with Gasteiger partial charge in [-0.15, -0.1) is 0 Å². The SMILES string of the molecule is CCn1cncc1-c1nc(Cl)c(Br)c(C(C)C)n1. The summed E-state index contributed by atoms with van der Waals surface area (Å²) in [4.78, 5) is 13.0. The minimum absolute atomic E-state index is 0.275. The number of halogens is 2. The highest BCUT2D eigenvalue weighted by molar-refractivity contribution is 9.10. The van der Waals surface area contributed by atoms with Crippen molar-refractivity contribution in [3.05, 3.63) is 27.8 Å². The average Bonchev–Trinajstić information content (AvgIpc) is 2.80. The van der Waals surface area contributed by atoms with Gasteiger partial charge in [-0.25, -0.2) is 15.0 Å². The van der Waals surface area contributed by atoms with E-state index >= 15 is 0 Å². The van der Waals surface area contributed by atoms with E-state index in [-0.39, 0.29) is 5.92 Å². The molecule has 96 valence electrons. The minimum Gasteiger partial charge on any atom is -0.328 e. The van der Waals surface area contributed by atoms with E-state index in [2.05, 4.69) is 51.7 Å². The molecule has 0 N–H and O–H groups in total. The smallest absolute Gasteiger partial charge is 0.179 e. The maximum absolute atomic E-state index is 6.15. The molecule has 0 aromatic carbocycles. The summed E-state index contributed by atoms with van der Waals surface area (Å²) in [6.45, 7) is 7.02. The van der Waals surface area contributed by atoms with Crippen LogP contribution in [0.15, 0.2) is 17.0 Å². The second-order valence-corrected chi connectivity index (χ2v) is 5.41. The first-order valence-corrected chi connectivity index (χ1v) is 6.95. The zero-order valence-corrected chi connectivity index (χ0v) is 12.8. The van der Waals surface area contributed by atoms with Crippen molar-refractivity contribution in [1.29, 1.82) is 0 Å². The van der Waals surface area contributed by atoms with Crippen LogP contribution < -0.4 is 0 Å². The van der Waals surface area contributed by atoms with Crippen molar-refractivity contribution in [1.82, 2.24) is 19.5 Å². The highest BCUT2D eigenvalue weighted by Gasteiger charge is 2.16. The molecule has 0 saturated carbocycles. The summed E-state index contributed by atoms with van der Waals surface area (Å²) in [5.74, 6) is 0.892. The fourth-order valence-electron chi connectivity index (χ4n) is 1.69. The molecule has 0 fully saturated rings. The third kappa shape index (κ3) is 2.42. The Hall–Kier alpha value is -0.940. The second-order valence-electron chi connectivity index (χ2n) is 4.26. The molecule has 0 atom stereocenters. The van der Waals surface area contributed by atoms with Crippen LogP contribution in [-0.2, 0) is 6.54 Å². The van der Waals surface area contributed by atoms with Crippen molar-refractivity contribution in [2.45, 2.75) is 33.2 Å². The number of rotatable bonds is 3. The Bertz CT molecular complexity index is 565. The van der Waals surface area contributed by atoms with Crippen molar-refractivity contribution in [2.75, 3.05) is 0 Å². The van der Waals surface area contributed by atoms with E-state index in [9.17, 15) is 0 Å². The first kappa shape index (κ1) is 13.5. The van der Waals surface area contributed by atoms with E-state index in [1.807, 2.05) is 4.57 Å². The Kier molecular flexibility index (Phi) is 4.02. The van der Waals surface area contributed by atoms with Gasteiger partial charge in [0.25, 0.3) is 0 Å². The fraction of sp³-hybridized carbons (Fsp3) is 0.417. The van der Waals surface area contributed by atoms with Crippen molar-refractivity contribution in [3.63, 3.8) is 0 Å². The minimum atomic E-state index is 0.275. The largest absolute Gasteiger partial charge is 0.328 e. The molecule has 6 heteroatoms. The predicted octanol–water partition coefficient (Wildman–Crippen LogP) is 3.90. The highest BCUT2D eigenvalue weighted by Crippen LogP contribution is 2.30. The number of aromatic nitrogens is 4. The maximum Gasteiger partial charge on any atom is 0.179 e. The van der Waals surface area contributed by atoms with Crippen LogP contribution >= 0.6 is 27.5 Å². The van der Waals surface area contributed by atoms with Crippen LogP contribution in [0.1, 0.15) is 32.4 Å². The molecule has 0 spiro atoms. The van der Waals surface area contributed by atoms with E-state index in [1.54, 1.807) is 12.5 Å². The van der Waals surface area contributed by atoms with Crippen LogP contribution in [-0.4, -0.2) is 19.5 Å². The lowest BCUT2D eigenvalue weighted by molar-refractivity contribution is 0.757. The van der Waals surface area contributed by atoms with Crippen LogP contribution in [0.2, 0.25) is 5.15 Å². The normalized spacial score (nSPS) is 11.2. The Morgan fingerprint density at radius 3 is 2.72 bits per heavy atom. The molecule has 0 bridgehead atoms. The zero-order valence-electron chi connectivity index (χ0n) is 10.5. The van der Waals surface area contributed by atoms with Crippen molar-refractivity contribution >= 4 is 27.5 Å². The molecule has 0 unspecified atom stereocenters. The second kappa shape index (κ2) is 5.36. The number of aryl methyl sites for hydroxylation is 1. The predicted molar refractivity (Wildman–Crippen MR) is 75.7 cm³/mol. The first-order valence-electron chi connectivity index (χ1n) is 5.78. The van der Waals surface area contributed by atoms with Crippen LogP contribution in [0.5, 0.6) is 0 Å². The Morgan fingerprint density at radius 1 is 1.39 bits per heavy atom. The third-order valence-electron chi connectivity index (χ3n) is 2.67. The lowest BCUT2D eigenvalue weighted by Crippen LogP contribution is -2.03. The topological polar surface area (TPSA) is 43.6 Å². The molecule has 0 aliphatic carbocycles. The molecule has 0 aliphatic rings. The summed E-state index contributed by atoms with van der Waals surface area (Å²) in [6.07, 6.45) is 3.52. The number of imidazole rings is 1. The van der Waals surface area contributed by atoms with Gasteiger partial charge in [-0.05, 0) is 28.8 Å². The summed E-state index contributed by atoms with van der Waals surface area (Å²) < 4.78 is 2.76. The molecule has 4 nitrogen and oxygen atoms in total. The van der Waals surface area contributed by atoms with E-state index in [0.717, 1.165) is 22.4 Å². The zero-order chi connectivity index (χ0) is 13.3. The van der Waals surface area contributed by atoms with Gasteiger partial charge in [0.2, 0.25) is 0 Å². The molecule has 0 amide bonds. The molecule has 2 heterocycles. The quantitative estimate of drug-likeness (QED) is 0.802. The van der Waals surface area contributed by atoms with Gasteiger partial charge in [0.05, 0.1) is 22.7 Å². The Balaban J connectivity index is 2.59. The van der Waals surface area contributed by atoms with Gasteiger partial charge in [-0.3, -0.25) is 0 Å².